The SMILES string of the molecule is O=S(=O)(Nc1ccccc1CO)c1ccc(OC(F)(F)F)cc1. The van der Waals surface area contributed by atoms with Crippen LogP contribution in [0.15, 0.2) is 53.4 Å². The molecule has 2 aromatic rings. The lowest BCUT2D eigenvalue weighted by Gasteiger charge is -2.12. The minimum Gasteiger partial charge on any atom is -0.406 e. The van der Waals surface area contributed by atoms with Crippen LogP contribution in [0.4, 0.5) is 18.9 Å². The molecule has 0 spiro atoms. The van der Waals surface area contributed by atoms with Crippen LogP contribution in [0.25, 0.3) is 0 Å². The minimum atomic E-state index is -4.85. The lowest BCUT2D eigenvalue weighted by Crippen LogP contribution is -2.17. The molecule has 0 fully saturated rings. The van der Waals surface area contributed by atoms with Gasteiger partial charge < -0.3 is 9.84 Å². The number of anilines is 1. The van der Waals surface area contributed by atoms with E-state index in [9.17, 15) is 26.7 Å². The maximum atomic E-state index is 12.2. The van der Waals surface area contributed by atoms with E-state index in [2.05, 4.69) is 9.46 Å². The summed E-state index contributed by atoms with van der Waals surface area (Å²) in [6.45, 7) is -0.364. The molecule has 0 aliphatic carbocycles. The number of alkyl halides is 3. The van der Waals surface area contributed by atoms with Crippen LogP contribution >= 0.6 is 0 Å². The Balaban J connectivity index is 2.23. The van der Waals surface area contributed by atoms with Crippen molar-refractivity contribution in [2.45, 2.75) is 17.9 Å². The Bertz CT molecular complexity index is 773. The molecule has 0 atom stereocenters. The summed E-state index contributed by atoms with van der Waals surface area (Å²) in [5.74, 6) is -0.521. The molecular formula is C14H12F3NO4S. The number of hydrogen-bond donors (Lipinski definition) is 2. The predicted octanol–water partition coefficient (Wildman–Crippen LogP) is 2.88. The van der Waals surface area contributed by atoms with E-state index in [1.165, 1.54) is 12.1 Å². The average Bonchev–Trinajstić information content (AvgIpc) is 2.46. The molecule has 0 unspecified atom stereocenters. The van der Waals surface area contributed by atoms with Crippen molar-refractivity contribution < 1.29 is 31.4 Å². The summed E-state index contributed by atoms with van der Waals surface area (Å²) in [4.78, 5) is -0.236. The molecular weight excluding hydrogens is 335 g/mol. The standard InChI is InChI=1S/C14H12F3NO4S/c15-14(16,17)22-11-5-7-12(8-6-11)23(20,21)18-13-4-2-1-3-10(13)9-19/h1-8,18-19H,9H2. The van der Waals surface area contributed by atoms with E-state index in [1.807, 2.05) is 0 Å². The van der Waals surface area contributed by atoms with Crippen LogP contribution in [0.3, 0.4) is 0 Å². The lowest BCUT2D eigenvalue weighted by molar-refractivity contribution is -0.274. The van der Waals surface area contributed by atoms with Gasteiger partial charge >= 0.3 is 6.36 Å². The number of halogens is 3. The summed E-state index contributed by atoms with van der Waals surface area (Å²) in [6.07, 6.45) is -4.85. The number of aliphatic hydroxyl groups is 1. The zero-order valence-corrected chi connectivity index (χ0v) is 12.4. The van der Waals surface area contributed by atoms with Crippen LogP contribution in [0.5, 0.6) is 5.75 Å². The monoisotopic (exact) mass is 347 g/mol. The molecule has 9 heteroatoms. The molecule has 23 heavy (non-hydrogen) atoms. The fourth-order valence-corrected chi connectivity index (χ4v) is 2.88. The molecule has 0 amide bonds. The molecule has 0 radical (unpaired) electrons. The first-order valence-electron chi connectivity index (χ1n) is 6.29. The summed E-state index contributed by atoms with van der Waals surface area (Å²) >= 11 is 0. The van der Waals surface area contributed by atoms with E-state index < -0.39 is 22.1 Å². The van der Waals surface area contributed by atoms with Crippen LogP contribution in [0.1, 0.15) is 5.56 Å². The molecule has 0 saturated carbocycles. The fraction of sp³-hybridized carbons (Fsp3) is 0.143. The molecule has 0 saturated heterocycles. The number of benzene rings is 2. The van der Waals surface area contributed by atoms with Crippen LogP contribution in [0.2, 0.25) is 0 Å². The van der Waals surface area contributed by atoms with Crippen LogP contribution in [-0.2, 0) is 16.6 Å². The number of para-hydroxylation sites is 1. The number of nitrogens with one attached hydrogen (secondary N) is 1. The van der Waals surface area contributed by atoms with Gasteiger partial charge in [-0.05, 0) is 30.3 Å². The van der Waals surface area contributed by atoms with Crippen LogP contribution < -0.4 is 9.46 Å². The van der Waals surface area contributed by atoms with Gasteiger partial charge in [0.1, 0.15) is 5.75 Å². The Morgan fingerprint density at radius 3 is 2.22 bits per heavy atom. The summed E-state index contributed by atoms with van der Waals surface area (Å²) in [5.41, 5.74) is 0.554. The lowest BCUT2D eigenvalue weighted by atomic mass is 10.2. The van der Waals surface area contributed by atoms with E-state index >= 15 is 0 Å². The van der Waals surface area contributed by atoms with Gasteiger partial charge in [0.2, 0.25) is 0 Å². The molecule has 2 rings (SSSR count). The Kier molecular flexibility index (Phi) is 4.81. The third-order valence-electron chi connectivity index (χ3n) is 2.80. The van der Waals surface area contributed by atoms with Crippen molar-refractivity contribution in [3.63, 3.8) is 0 Å². The second kappa shape index (κ2) is 6.47. The van der Waals surface area contributed by atoms with Gasteiger partial charge in [0.15, 0.2) is 0 Å². The molecule has 5 nitrogen and oxygen atoms in total. The largest absolute Gasteiger partial charge is 0.573 e. The Hall–Kier alpha value is -2.26. The molecule has 0 heterocycles. The molecule has 0 aliphatic rings. The van der Waals surface area contributed by atoms with Crippen molar-refractivity contribution in [1.82, 2.24) is 0 Å². The minimum absolute atomic E-state index is 0.186. The molecule has 0 bridgehead atoms. The van der Waals surface area contributed by atoms with E-state index in [4.69, 9.17) is 0 Å². The van der Waals surface area contributed by atoms with Crippen molar-refractivity contribution >= 4 is 15.7 Å². The van der Waals surface area contributed by atoms with Crippen LogP contribution in [-0.4, -0.2) is 19.9 Å². The zero-order chi connectivity index (χ0) is 17.1. The predicted molar refractivity (Wildman–Crippen MR) is 76.3 cm³/mol. The number of ether oxygens (including phenoxy) is 1. The summed E-state index contributed by atoms with van der Waals surface area (Å²) in [5, 5.41) is 9.17. The first-order valence-corrected chi connectivity index (χ1v) is 7.77. The summed E-state index contributed by atoms with van der Waals surface area (Å²) in [7, 11) is -4.00. The van der Waals surface area contributed by atoms with Crippen molar-refractivity contribution in [2.75, 3.05) is 4.72 Å². The molecule has 124 valence electrons. The van der Waals surface area contributed by atoms with Crippen LogP contribution in [0, 0.1) is 0 Å². The van der Waals surface area contributed by atoms with Gasteiger partial charge in [-0.3, -0.25) is 4.72 Å². The van der Waals surface area contributed by atoms with E-state index in [0.29, 0.717) is 5.56 Å². The van der Waals surface area contributed by atoms with Crippen molar-refractivity contribution in [3.05, 3.63) is 54.1 Å². The first-order chi connectivity index (χ1) is 10.7. The third kappa shape index (κ3) is 4.60. The second-order valence-corrected chi connectivity index (χ2v) is 6.12. The summed E-state index contributed by atoms with van der Waals surface area (Å²) in [6, 6.07) is 10.0. The second-order valence-electron chi connectivity index (χ2n) is 4.44. The number of hydrogen-bond acceptors (Lipinski definition) is 4. The van der Waals surface area contributed by atoms with Gasteiger partial charge in [-0.25, -0.2) is 8.42 Å². The van der Waals surface area contributed by atoms with Crippen molar-refractivity contribution in [1.29, 1.82) is 0 Å². The smallest absolute Gasteiger partial charge is 0.406 e. The van der Waals surface area contributed by atoms with E-state index in [1.54, 1.807) is 12.1 Å². The number of rotatable bonds is 5. The Labute approximate surface area is 130 Å². The van der Waals surface area contributed by atoms with Crippen molar-refractivity contribution in [2.24, 2.45) is 0 Å². The highest BCUT2D eigenvalue weighted by atomic mass is 32.2. The molecule has 0 aliphatic heterocycles. The van der Waals surface area contributed by atoms with Gasteiger partial charge in [-0.2, -0.15) is 0 Å². The van der Waals surface area contributed by atoms with Gasteiger partial charge in [0.25, 0.3) is 10.0 Å². The van der Waals surface area contributed by atoms with Gasteiger partial charge in [0.05, 0.1) is 17.2 Å². The molecule has 0 aromatic heterocycles. The van der Waals surface area contributed by atoms with E-state index in [0.717, 1.165) is 24.3 Å². The maximum Gasteiger partial charge on any atom is 0.573 e. The zero-order valence-electron chi connectivity index (χ0n) is 11.5. The first kappa shape index (κ1) is 17.1. The fourth-order valence-electron chi connectivity index (χ4n) is 1.78. The Morgan fingerprint density at radius 1 is 1.04 bits per heavy atom. The molecule has 2 aromatic carbocycles. The topological polar surface area (TPSA) is 75.6 Å². The molecule has 2 N–H and O–H groups in total. The number of sulfonamides is 1. The summed E-state index contributed by atoms with van der Waals surface area (Å²) < 4.78 is 66.6. The third-order valence-corrected chi connectivity index (χ3v) is 4.18. The maximum absolute atomic E-state index is 12.2. The highest BCUT2D eigenvalue weighted by Gasteiger charge is 2.31. The highest BCUT2D eigenvalue weighted by molar-refractivity contribution is 7.92. The van der Waals surface area contributed by atoms with Gasteiger partial charge in [0, 0.05) is 5.56 Å². The quantitative estimate of drug-likeness (QED) is 0.872. The van der Waals surface area contributed by atoms with E-state index in [-0.39, 0.29) is 17.2 Å². The van der Waals surface area contributed by atoms with Crippen molar-refractivity contribution in [3.8, 4) is 5.75 Å². The van der Waals surface area contributed by atoms with Gasteiger partial charge in [-0.1, -0.05) is 18.2 Å². The average molecular weight is 347 g/mol. The normalized spacial score (nSPS) is 12.0. The van der Waals surface area contributed by atoms with Gasteiger partial charge in [-0.15, -0.1) is 13.2 Å². The highest BCUT2D eigenvalue weighted by Crippen LogP contribution is 2.25. The Morgan fingerprint density at radius 2 is 1.65 bits per heavy atom. The number of aliphatic hydroxyl groups excluding tert-OH is 1.